The molecule has 0 bridgehead atoms. The van der Waals surface area contributed by atoms with Crippen molar-refractivity contribution in [2.24, 2.45) is 0 Å². The van der Waals surface area contributed by atoms with Crippen LogP contribution in [0.4, 0.5) is 5.82 Å². The molecule has 2 aliphatic rings. The minimum Gasteiger partial charge on any atom is -0.494 e. The molecule has 8 heteroatoms. The van der Waals surface area contributed by atoms with Crippen molar-refractivity contribution in [2.45, 2.75) is 135 Å². The standard InChI is InChI=1S/C36H58N4O4/c1-2-3-4-5-6-7-8-9-10-11-12-13-14-22-34(41)44-30(29-40-35(42)31-19-15-16-20-32(31)36(40)43)28-38-24-26-39(27-25-38)33-21-17-18-23-37-33/h17-18,21,23,30,42-43H,2-16,19-20,22,24-29H2,1H3. The van der Waals surface area contributed by atoms with E-state index >= 15 is 0 Å². The number of hydrogen-bond donors (Lipinski definition) is 2. The van der Waals surface area contributed by atoms with Gasteiger partial charge >= 0.3 is 5.97 Å². The molecule has 1 atom stereocenters. The number of rotatable bonds is 20. The number of hydrogen-bond acceptors (Lipinski definition) is 7. The van der Waals surface area contributed by atoms with Gasteiger partial charge in [0.15, 0.2) is 11.8 Å². The monoisotopic (exact) mass is 610 g/mol. The molecular formula is C36H58N4O4. The summed E-state index contributed by atoms with van der Waals surface area (Å²) < 4.78 is 7.64. The number of unbranched alkanes of at least 4 members (excludes halogenated alkanes) is 12. The molecule has 1 unspecified atom stereocenters. The number of pyridine rings is 1. The third-order valence-electron chi connectivity index (χ3n) is 9.50. The second-order valence-electron chi connectivity index (χ2n) is 13.0. The van der Waals surface area contributed by atoms with E-state index in [0.717, 1.165) is 81.6 Å². The first kappa shape index (κ1) is 34.1. The fourth-order valence-electron chi connectivity index (χ4n) is 6.85. The maximum atomic E-state index is 13.0. The number of fused-ring (bicyclic) bond motifs is 1. The minimum absolute atomic E-state index is 0.134. The maximum absolute atomic E-state index is 13.0. The van der Waals surface area contributed by atoms with Crippen molar-refractivity contribution in [3.8, 4) is 11.8 Å². The SMILES string of the molecule is CCCCCCCCCCCCCCCC(=O)OC(CN1CCN(c2ccccn2)CC1)Cn1c(O)c2c(c1O)CCCC2. The number of carbonyl (C=O) groups excluding carboxylic acids is 1. The van der Waals surface area contributed by atoms with E-state index in [1.54, 1.807) is 4.57 Å². The highest BCUT2D eigenvalue weighted by Crippen LogP contribution is 2.39. The molecule has 246 valence electrons. The smallest absolute Gasteiger partial charge is 0.306 e. The Bertz CT molecular complexity index is 1070. The van der Waals surface area contributed by atoms with Crippen molar-refractivity contribution >= 4 is 11.8 Å². The molecule has 2 aromatic heterocycles. The highest BCUT2D eigenvalue weighted by atomic mass is 16.5. The Balaban J connectivity index is 1.21. The molecule has 8 nitrogen and oxygen atoms in total. The molecule has 4 rings (SSSR count). The normalized spacial score (nSPS) is 16.2. The molecule has 0 radical (unpaired) electrons. The Morgan fingerprint density at radius 1 is 0.795 bits per heavy atom. The van der Waals surface area contributed by atoms with Gasteiger partial charge in [0, 0.05) is 56.5 Å². The lowest BCUT2D eigenvalue weighted by Gasteiger charge is -2.37. The van der Waals surface area contributed by atoms with E-state index in [0.29, 0.717) is 13.0 Å². The number of carbonyl (C=O) groups is 1. The highest BCUT2D eigenvalue weighted by molar-refractivity contribution is 5.69. The fourth-order valence-corrected chi connectivity index (χ4v) is 6.85. The summed E-state index contributed by atoms with van der Waals surface area (Å²) in [4.78, 5) is 22.1. The second kappa shape index (κ2) is 18.9. The van der Waals surface area contributed by atoms with Gasteiger partial charge in [0.2, 0.25) is 0 Å². The van der Waals surface area contributed by atoms with Crippen LogP contribution in [0.2, 0.25) is 0 Å². The summed E-state index contributed by atoms with van der Waals surface area (Å²) in [6, 6.07) is 5.98. The van der Waals surface area contributed by atoms with E-state index in [4.69, 9.17) is 4.74 Å². The van der Waals surface area contributed by atoms with Gasteiger partial charge in [0.1, 0.15) is 11.9 Å². The van der Waals surface area contributed by atoms with Crippen LogP contribution < -0.4 is 4.90 Å². The zero-order valence-corrected chi connectivity index (χ0v) is 27.4. The van der Waals surface area contributed by atoms with Crippen LogP contribution in [0.15, 0.2) is 24.4 Å². The molecule has 2 N–H and O–H groups in total. The molecule has 1 aliphatic carbocycles. The van der Waals surface area contributed by atoms with E-state index < -0.39 is 6.10 Å². The Labute approximate surface area is 265 Å². The van der Waals surface area contributed by atoms with Gasteiger partial charge in [-0.15, -0.1) is 0 Å². The predicted octanol–water partition coefficient (Wildman–Crippen LogP) is 7.39. The van der Waals surface area contributed by atoms with Crippen LogP contribution in [0.5, 0.6) is 11.8 Å². The molecule has 0 aromatic carbocycles. The number of esters is 1. The number of ether oxygens (including phenoxy) is 1. The van der Waals surface area contributed by atoms with Crippen LogP contribution in [-0.2, 0) is 28.9 Å². The minimum atomic E-state index is -0.448. The lowest BCUT2D eigenvalue weighted by molar-refractivity contribution is -0.151. The quantitative estimate of drug-likeness (QED) is 0.119. The first-order valence-corrected chi connectivity index (χ1v) is 17.8. The summed E-state index contributed by atoms with van der Waals surface area (Å²) in [7, 11) is 0. The topological polar surface area (TPSA) is 91.1 Å². The Kier molecular flexibility index (Phi) is 14.7. The van der Waals surface area contributed by atoms with Gasteiger partial charge in [0.05, 0.1) is 6.54 Å². The number of aromatic hydroxyl groups is 2. The molecule has 44 heavy (non-hydrogen) atoms. The predicted molar refractivity (Wildman–Crippen MR) is 177 cm³/mol. The molecule has 1 saturated heterocycles. The van der Waals surface area contributed by atoms with Crippen molar-refractivity contribution < 1.29 is 19.7 Å². The first-order valence-electron chi connectivity index (χ1n) is 17.8. The fraction of sp³-hybridized carbons (Fsp3) is 0.722. The molecule has 0 spiro atoms. The van der Waals surface area contributed by atoms with E-state index in [2.05, 4.69) is 21.7 Å². The summed E-state index contributed by atoms with van der Waals surface area (Å²) in [5.74, 6) is 1.08. The number of nitrogens with zero attached hydrogens (tertiary/aromatic N) is 4. The zero-order chi connectivity index (χ0) is 31.0. The van der Waals surface area contributed by atoms with Crippen LogP contribution in [-0.4, -0.2) is 69.5 Å². The highest BCUT2D eigenvalue weighted by Gasteiger charge is 2.29. The summed E-state index contributed by atoms with van der Waals surface area (Å²) in [5, 5.41) is 22.0. The maximum Gasteiger partial charge on any atom is 0.306 e. The van der Waals surface area contributed by atoms with Crippen molar-refractivity contribution in [3.05, 3.63) is 35.5 Å². The number of anilines is 1. The Morgan fingerprint density at radius 2 is 1.36 bits per heavy atom. The van der Waals surface area contributed by atoms with Crippen LogP contribution in [0, 0.1) is 0 Å². The van der Waals surface area contributed by atoms with Crippen molar-refractivity contribution in [1.29, 1.82) is 0 Å². The Morgan fingerprint density at radius 3 is 1.91 bits per heavy atom. The lowest BCUT2D eigenvalue weighted by Crippen LogP contribution is -2.49. The van der Waals surface area contributed by atoms with Crippen LogP contribution in [0.25, 0.3) is 0 Å². The molecule has 0 amide bonds. The molecule has 2 aromatic rings. The van der Waals surface area contributed by atoms with E-state index in [1.807, 2.05) is 24.4 Å². The van der Waals surface area contributed by atoms with Crippen molar-refractivity contribution in [1.82, 2.24) is 14.5 Å². The van der Waals surface area contributed by atoms with Gasteiger partial charge in [-0.2, -0.15) is 0 Å². The summed E-state index contributed by atoms with van der Waals surface area (Å²) >= 11 is 0. The van der Waals surface area contributed by atoms with E-state index in [1.165, 1.54) is 70.6 Å². The molecule has 3 heterocycles. The summed E-state index contributed by atoms with van der Waals surface area (Å²) in [5.41, 5.74) is 1.71. The van der Waals surface area contributed by atoms with Gasteiger partial charge in [-0.3, -0.25) is 14.3 Å². The average Bonchev–Trinajstić information content (AvgIpc) is 3.28. The van der Waals surface area contributed by atoms with Gasteiger partial charge in [-0.05, 0) is 44.2 Å². The largest absolute Gasteiger partial charge is 0.494 e. The second-order valence-corrected chi connectivity index (χ2v) is 13.0. The number of aromatic nitrogens is 2. The molecule has 1 fully saturated rings. The van der Waals surface area contributed by atoms with Gasteiger partial charge in [0.25, 0.3) is 0 Å². The number of piperazine rings is 1. The molecule has 1 aliphatic heterocycles. The summed E-state index contributed by atoms with van der Waals surface area (Å²) in [6.07, 6.45) is 21.9. The van der Waals surface area contributed by atoms with Crippen LogP contribution in [0.3, 0.4) is 0 Å². The zero-order valence-electron chi connectivity index (χ0n) is 27.4. The Hall–Kier alpha value is -2.74. The molecular weight excluding hydrogens is 552 g/mol. The van der Waals surface area contributed by atoms with E-state index in [9.17, 15) is 15.0 Å². The van der Waals surface area contributed by atoms with Crippen LogP contribution in [0.1, 0.15) is 121 Å². The van der Waals surface area contributed by atoms with Crippen LogP contribution >= 0.6 is 0 Å². The summed E-state index contributed by atoms with van der Waals surface area (Å²) in [6.45, 7) is 6.48. The average molecular weight is 611 g/mol. The third kappa shape index (κ3) is 10.7. The van der Waals surface area contributed by atoms with Gasteiger partial charge in [-0.25, -0.2) is 4.98 Å². The van der Waals surface area contributed by atoms with Gasteiger partial charge < -0.3 is 19.8 Å². The first-order chi connectivity index (χ1) is 21.6. The van der Waals surface area contributed by atoms with Crippen molar-refractivity contribution in [2.75, 3.05) is 37.6 Å². The molecule has 0 saturated carbocycles. The lowest BCUT2D eigenvalue weighted by atomic mass is 9.95. The van der Waals surface area contributed by atoms with Crippen molar-refractivity contribution in [3.63, 3.8) is 0 Å². The third-order valence-corrected chi connectivity index (χ3v) is 9.50. The van der Waals surface area contributed by atoms with E-state index in [-0.39, 0.29) is 24.3 Å². The van der Waals surface area contributed by atoms with Gasteiger partial charge in [-0.1, -0.05) is 90.0 Å².